The third kappa shape index (κ3) is 2.74. The number of hydrogen-bond acceptors (Lipinski definition) is 3. The average molecular weight is 222 g/mol. The van der Waals surface area contributed by atoms with E-state index >= 15 is 0 Å². The van der Waals surface area contributed by atoms with Crippen LogP contribution in [0.5, 0.6) is 5.75 Å². The van der Waals surface area contributed by atoms with Crippen molar-refractivity contribution in [3.63, 3.8) is 0 Å². The first-order valence-corrected chi connectivity index (χ1v) is 5.68. The fourth-order valence-electron chi connectivity index (χ4n) is 2.04. The van der Waals surface area contributed by atoms with Crippen molar-refractivity contribution in [2.75, 3.05) is 20.2 Å². The summed E-state index contributed by atoms with van der Waals surface area (Å²) in [6, 6.07) is 6.15. The molecule has 1 atom stereocenters. The Morgan fingerprint density at radius 3 is 2.31 bits per heavy atom. The molecule has 0 radical (unpaired) electrons. The normalized spacial score (nSPS) is 12.9. The van der Waals surface area contributed by atoms with Crippen LogP contribution in [0, 0.1) is 12.8 Å². The molecule has 1 aromatic rings. The van der Waals surface area contributed by atoms with Gasteiger partial charge in [0.05, 0.1) is 7.11 Å². The van der Waals surface area contributed by atoms with E-state index in [1.54, 1.807) is 7.11 Å². The third-order valence-corrected chi connectivity index (χ3v) is 3.28. The van der Waals surface area contributed by atoms with Crippen LogP contribution < -0.4 is 16.2 Å². The van der Waals surface area contributed by atoms with Gasteiger partial charge in [-0.1, -0.05) is 13.0 Å². The van der Waals surface area contributed by atoms with Crippen LogP contribution in [-0.2, 0) is 0 Å². The molecule has 3 nitrogen and oxygen atoms in total. The molecule has 1 aromatic carbocycles. The van der Waals surface area contributed by atoms with E-state index in [1.807, 2.05) is 6.07 Å². The van der Waals surface area contributed by atoms with Crippen LogP contribution in [0.1, 0.15) is 24.0 Å². The molecule has 0 aliphatic heterocycles. The van der Waals surface area contributed by atoms with Crippen LogP contribution >= 0.6 is 0 Å². The minimum absolute atomic E-state index is 0.340. The molecule has 0 saturated heterocycles. The summed E-state index contributed by atoms with van der Waals surface area (Å²) in [6.07, 6.45) is 0. The Hall–Kier alpha value is -1.06. The molecular weight excluding hydrogens is 200 g/mol. The highest BCUT2D eigenvalue weighted by Gasteiger charge is 2.17. The zero-order valence-corrected chi connectivity index (χ0v) is 10.4. The molecule has 0 bridgehead atoms. The number of ether oxygens (including phenoxy) is 1. The predicted molar refractivity (Wildman–Crippen MR) is 67.7 cm³/mol. The molecule has 1 unspecified atom stereocenters. The van der Waals surface area contributed by atoms with Gasteiger partial charge >= 0.3 is 0 Å². The molecule has 0 saturated carbocycles. The fraction of sp³-hybridized carbons (Fsp3) is 0.538. The van der Waals surface area contributed by atoms with Crippen molar-refractivity contribution in [3.8, 4) is 5.75 Å². The molecule has 0 aliphatic rings. The van der Waals surface area contributed by atoms with Gasteiger partial charge in [-0.3, -0.25) is 0 Å². The van der Waals surface area contributed by atoms with Crippen molar-refractivity contribution in [2.24, 2.45) is 17.4 Å². The topological polar surface area (TPSA) is 61.3 Å². The number of hydrogen-bond donors (Lipinski definition) is 2. The minimum atomic E-state index is 0.340. The van der Waals surface area contributed by atoms with Gasteiger partial charge in [-0.2, -0.15) is 0 Å². The van der Waals surface area contributed by atoms with Crippen molar-refractivity contribution in [1.29, 1.82) is 0 Å². The Balaban J connectivity index is 2.95. The Morgan fingerprint density at radius 1 is 1.25 bits per heavy atom. The molecule has 0 amide bonds. The molecule has 0 aromatic heterocycles. The van der Waals surface area contributed by atoms with Crippen molar-refractivity contribution < 1.29 is 4.74 Å². The second-order valence-corrected chi connectivity index (χ2v) is 4.24. The third-order valence-electron chi connectivity index (χ3n) is 3.28. The Labute approximate surface area is 97.8 Å². The smallest absolute Gasteiger partial charge is 0.119 e. The zero-order valence-electron chi connectivity index (χ0n) is 10.4. The summed E-state index contributed by atoms with van der Waals surface area (Å²) >= 11 is 0. The van der Waals surface area contributed by atoms with Crippen LogP contribution in [-0.4, -0.2) is 20.2 Å². The van der Waals surface area contributed by atoms with Gasteiger partial charge < -0.3 is 16.2 Å². The minimum Gasteiger partial charge on any atom is -0.497 e. The van der Waals surface area contributed by atoms with Gasteiger partial charge in [0.2, 0.25) is 0 Å². The zero-order chi connectivity index (χ0) is 12.1. The van der Waals surface area contributed by atoms with E-state index in [-0.39, 0.29) is 0 Å². The molecule has 0 spiro atoms. The monoisotopic (exact) mass is 222 g/mol. The fourth-order valence-corrected chi connectivity index (χ4v) is 2.04. The molecule has 0 heterocycles. The summed E-state index contributed by atoms with van der Waals surface area (Å²) in [7, 11) is 1.68. The molecule has 0 fully saturated rings. The predicted octanol–water partition coefficient (Wildman–Crippen LogP) is 1.64. The first-order chi connectivity index (χ1) is 7.63. The van der Waals surface area contributed by atoms with Crippen LogP contribution in [0.25, 0.3) is 0 Å². The summed E-state index contributed by atoms with van der Waals surface area (Å²) in [5, 5.41) is 0. The van der Waals surface area contributed by atoms with E-state index < -0.39 is 0 Å². The van der Waals surface area contributed by atoms with Gasteiger partial charge in [0, 0.05) is 0 Å². The Morgan fingerprint density at radius 2 is 1.88 bits per heavy atom. The van der Waals surface area contributed by atoms with E-state index in [9.17, 15) is 0 Å². The van der Waals surface area contributed by atoms with Crippen LogP contribution in [0.15, 0.2) is 18.2 Å². The summed E-state index contributed by atoms with van der Waals surface area (Å²) in [5.74, 6) is 1.62. The second kappa shape index (κ2) is 5.87. The van der Waals surface area contributed by atoms with E-state index in [2.05, 4.69) is 26.0 Å². The lowest BCUT2D eigenvalue weighted by Crippen LogP contribution is -2.28. The molecule has 1 rings (SSSR count). The standard InChI is InChI=1S/C13H22N2O/c1-9-6-12(16-3)4-5-13(9)10(2)11(7-14)8-15/h4-6,10-11H,7-8,14-15H2,1-3H3. The van der Waals surface area contributed by atoms with Crippen molar-refractivity contribution in [3.05, 3.63) is 29.3 Å². The lowest BCUT2D eigenvalue weighted by Gasteiger charge is -2.23. The Kier molecular flexibility index (Phi) is 4.77. The van der Waals surface area contributed by atoms with Gasteiger partial charge in [-0.15, -0.1) is 0 Å². The number of aryl methyl sites for hydroxylation is 1. The van der Waals surface area contributed by atoms with E-state index in [4.69, 9.17) is 16.2 Å². The van der Waals surface area contributed by atoms with E-state index in [0.717, 1.165) is 5.75 Å². The largest absolute Gasteiger partial charge is 0.497 e. The average Bonchev–Trinajstić information content (AvgIpc) is 2.30. The van der Waals surface area contributed by atoms with Gasteiger partial charge in [0.1, 0.15) is 5.75 Å². The first kappa shape index (κ1) is 13.0. The number of rotatable bonds is 5. The molecule has 0 aliphatic carbocycles. The van der Waals surface area contributed by atoms with Gasteiger partial charge in [0.25, 0.3) is 0 Å². The van der Waals surface area contributed by atoms with E-state index in [1.165, 1.54) is 11.1 Å². The van der Waals surface area contributed by atoms with Crippen LogP contribution in [0.2, 0.25) is 0 Å². The SMILES string of the molecule is COc1ccc(C(C)C(CN)CN)c(C)c1. The lowest BCUT2D eigenvalue weighted by atomic mass is 9.85. The number of methoxy groups -OCH3 is 1. The highest BCUT2D eigenvalue weighted by atomic mass is 16.5. The summed E-state index contributed by atoms with van der Waals surface area (Å²) in [6.45, 7) is 5.53. The van der Waals surface area contributed by atoms with Crippen molar-refractivity contribution >= 4 is 0 Å². The molecule has 16 heavy (non-hydrogen) atoms. The summed E-state index contributed by atoms with van der Waals surface area (Å²) in [4.78, 5) is 0. The Bertz CT molecular complexity index is 335. The van der Waals surface area contributed by atoms with Gasteiger partial charge in [0.15, 0.2) is 0 Å². The summed E-state index contributed by atoms with van der Waals surface area (Å²) in [5.41, 5.74) is 14.0. The van der Waals surface area contributed by atoms with Crippen molar-refractivity contribution in [1.82, 2.24) is 0 Å². The highest BCUT2D eigenvalue weighted by Crippen LogP contribution is 2.28. The molecule has 90 valence electrons. The van der Waals surface area contributed by atoms with Gasteiger partial charge in [-0.05, 0) is 55.1 Å². The number of benzene rings is 1. The molecule has 3 heteroatoms. The second-order valence-electron chi connectivity index (χ2n) is 4.24. The maximum Gasteiger partial charge on any atom is 0.119 e. The highest BCUT2D eigenvalue weighted by molar-refractivity contribution is 5.37. The van der Waals surface area contributed by atoms with Gasteiger partial charge in [-0.25, -0.2) is 0 Å². The first-order valence-electron chi connectivity index (χ1n) is 5.68. The maximum absolute atomic E-state index is 5.72. The van der Waals surface area contributed by atoms with Crippen LogP contribution in [0.3, 0.4) is 0 Å². The molecular formula is C13H22N2O. The van der Waals surface area contributed by atoms with Crippen LogP contribution in [0.4, 0.5) is 0 Å². The van der Waals surface area contributed by atoms with Crippen molar-refractivity contribution in [2.45, 2.75) is 19.8 Å². The number of nitrogens with two attached hydrogens (primary N) is 2. The quantitative estimate of drug-likeness (QED) is 0.796. The lowest BCUT2D eigenvalue weighted by molar-refractivity contribution is 0.413. The summed E-state index contributed by atoms with van der Waals surface area (Å²) < 4.78 is 5.19. The van der Waals surface area contributed by atoms with E-state index in [0.29, 0.717) is 24.9 Å². The maximum atomic E-state index is 5.72. The molecule has 4 N–H and O–H groups in total.